The third kappa shape index (κ3) is 2.38. The number of carbonyl (C=O) groups excluding carboxylic acids is 3. The number of imide groups is 1. The highest BCUT2D eigenvalue weighted by atomic mass is 32.1. The molecule has 2 atom stereocenters. The zero-order valence-corrected chi connectivity index (χ0v) is 15.5. The highest BCUT2D eigenvalue weighted by Gasteiger charge is 2.41. The monoisotopic (exact) mass is 392 g/mol. The first-order valence-electron chi connectivity index (χ1n) is 8.93. The van der Waals surface area contributed by atoms with Crippen molar-refractivity contribution in [1.29, 1.82) is 0 Å². The van der Waals surface area contributed by atoms with E-state index in [0.717, 1.165) is 21.2 Å². The molecule has 1 aromatic heterocycles. The van der Waals surface area contributed by atoms with Crippen LogP contribution in [0.2, 0.25) is 0 Å². The molecule has 1 fully saturated rings. The maximum absolute atomic E-state index is 13.1. The summed E-state index contributed by atoms with van der Waals surface area (Å²) in [5.74, 6) is -0.962. The van der Waals surface area contributed by atoms with Crippen LogP contribution in [0, 0.1) is 0 Å². The summed E-state index contributed by atoms with van der Waals surface area (Å²) in [5.41, 5.74) is 10.3. The summed E-state index contributed by atoms with van der Waals surface area (Å²) in [4.78, 5) is 43.6. The number of thiazole rings is 1. The van der Waals surface area contributed by atoms with E-state index < -0.39 is 11.9 Å². The van der Waals surface area contributed by atoms with E-state index in [4.69, 9.17) is 5.73 Å². The largest absolute Gasteiger partial charge is 0.320 e. The van der Waals surface area contributed by atoms with Gasteiger partial charge in [-0.25, -0.2) is 0 Å². The Hall–Kier alpha value is -3.10. The van der Waals surface area contributed by atoms with Gasteiger partial charge in [0.15, 0.2) is 0 Å². The van der Waals surface area contributed by atoms with E-state index in [1.54, 1.807) is 17.8 Å². The Labute approximate surface area is 164 Å². The molecule has 140 valence electrons. The van der Waals surface area contributed by atoms with Gasteiger partial charge in [-0.1, -0.05) is 18.2 Å². The molecule has 0 bridgehead atoms. The van der Waals surface area contributed by atoms with Gasteiger partial charge >= 0.3 is 0 Å². The zero-order chi connectivity index (χ0) is 19.4. The standard InChI is InChI=1S/C20H16N4O3S/c21-18(15-8-22-9-28-15)11-4-5-13-17-10(11)2-1-3-12(17)20(27)24(13)14-6-7-16(25)23-19(14)26/h1-5,8-9,14,18H,6-7,21H2,(H,23,25,26). The van der Waals surface area contributed by atoms with Gasteiger partial charge in [-0.15, -0.1) is 11.3 Å². The lowest BCUT2D eigenvalue weighted by atomic mass is 9.96. The first-order valence-corrected chi connectivity index (χ1v) is 9.81. The van der Waals surface area contributed by atoms with Crippen molar-refractivity contribution in [3.05, 3.63) is 58.0 Å². The molecule has 3 N–H and O–H groups in total. The zero-order valence-electron chi connectivity index (χ0n) is 14.7. The SMILES string of the molecule is NC(c1cncs1)c1ccc2c3c(cccc13)C(=O)N2C1CCC(=O)NC1=O. The Morgan fingerprint density at radius 1 is 1.21 bits per heavy atom. The van der Waals surface area contributed by atoms with Gasteiger partial charge in [0.05, 0.1) is 17.2 Å². The van der Waals surface area contributed by atoms with Crippen LogP contribution in [0.1, 0.15) is 39.7 Å². The van der Waals surface area contributed by atoms with Gasteiger partial charge in [-0.3, -0.25) is 29.6 Å². The van der Waals surface area contributed by atoms with Crippen molar-refractivity contribution < 1.29 is 14.4 Å². The molecule has 7 nitrogen and oxygen atoms in total. The van der Waals surface area contributed by atoms with E-state index in [1.165, 1.54) is 16.2 Å². The van der Waals surface area contributed by atoms with Crippen LogP contribution in [0.3, 0.4) is 0 Å². The van der Waals surface area contributed by atoms with Crippen LogP contribution < -0.4 is 16.0 Å². The van der Waals surface area contributed by atoms with Gasteiger partial charge in [-0.2, -0.15) is 0 Å². The van der Waals surface area contributed by atoms with Crippen molar-refractivity contribution in [1.82, 2.24) is 10.3 Å². The first-order chi connectivity index (χ1) is 13.6. The molecule has 28 heavy (non-hydrogen) atoms. The second-order valence-corrected chi connectivity index (χ2v) is 7.84. The molecule has 3 heterocycles. The summed E-state index contributed by atoms with van der Waals surface area (Å²) in [6, 6.07) is 8.25. The lowest BCUT2D eigenvalue weighted by molar-refractivity contribution is -0.134. The average Bonchev–Trinajstić information content (AvgIpc) is 3.31. The van der Waals surface area contributed by atoms with Gasteiger partial charge in [0, 0.05) is 28.4 Å². The fraction of sp³-hybridized carbons (Fsp3) is 0.200. The van der Waals surface area contributed by atoms with E-state index in [2.05, 4.69) is 10.3 Å². The number of hydrogen-bond acceptors (Lipinski definition) is 6. The normalized spacial score (nSPS) is 20.0. The van der Waals surface area contributed by atoms with Crippen molar-refractivity contribution >= 4 is 45.5 Å². The van der Waals surface area contributed by atoms with Gasteiger partial charge < -0.3 is 5.73 Å². The first kappa shape index (κ1) is 17.0. The molecule has 2 aromatic carbocycles. The molecule has 1 saturated heterocycles. The number of nitrogens with zero attached hydrogens (tertiary/aromatic N) is 2. The van der Waals surface area contributed by atoms with E-state index >= 15 is 0 Å². The van der Waals surface area contributed by atoms with Crippen LogP contribution in [0.15, 0.2) is 42.0 Å². The maximum Gasteiger partial charge on any atom is 0.259 e. The summed E-state index contributed by atoms with van der Waals surface area (Å²) in [6.07, 6.45) is 2.28. The fourth-order valence-corrected chi connectivity index (χ4v) is 4.71. The molecule has 0 spiro atoms. The molecule has 2 aliphatic rings. The molecular weight excluding hydrogens is 376 g/mol. The van der Waals surface area contributed by atoms with Gasteiger partial charge in [0.2, 0.25) is 11.8 Å². The Bertz CT molecular complexity index is 1140. The Kier molecular flexibility index (Phi) is 3.78. The van der Waals surface area contributed by atoms with Crippen LogP contribution in [0.4, 0.5) is 5.69 Å². The molecule has 5 rings (SSSR count). The summed E-state index contributed by atoms with van der Waals surface area (Å²) in [7, 11) is 0. The lowest BCUT2D eigenvalue weighted by Crippen LogP contribution is -2.53. The minimum Gasteiger partial charge on any atom is -0.320 e. The van der Waals surface area contributed by atoms with Gasteiger partial charge in [0.1, 0.15) is 6.04 Å². The number of amides is 3. The quantitative estimate of drug-likeness (QED) is 0.664. The number of nitrogens with two attached hydrogens (primary N) is 1. The molecule has 0 radical (unpaired) electrons. The summed E-state index contributed by atoms with van der Waals surface area (Å²) in [6.45, 7) is 0. The predicted molar refractivity (Wildman–Crippen MR) is 105 cm³/mol. The fourth-order valence-electron chi connectivity index (χ4n) is 4.07. The number of nitrogens with one attached hydrogen (secondary N) is 1. The number of benzene rings is 2. The number of piperidine rings is 1. The molecule has 3 aromatic rings. The molecule has 8 heteroatoms. The highest BCUT2D eigenvalue weighted by molar-refractivity contribution is 7.09. The number of hydrogen-bond donors (Lipinski definition) is 2. The molecule has 0 saturated carbocycles. The highest BCUT2D eigenvalue weighted by Crippen LogP contribution is 2.42. The summed E-state index contributed by atoms with van der Waals surface area (Å²) < 4.78 is 0. The van der Waals surface area contributed by atoms with Crippen molar-refractivity contribution in [3.63, 3.8) is 0 Å². The second kappa shape index (κ2) is 6.22. The van der Waals surface area contributed by atoms with Crippen LogP contribution in [0.25, 0.3) is 10.8 Å². The number of carbonyl (C=O) groups is 3. The number of aromatic nitrogens is 1. The minimum absolute atomic E-state index is 0.216. The average molecular weight is 392 g/mol. The topological polar surface area (TPSA) is 105 Å². The Morgan fingerprint density at radius 2 is 2.07 bits per heavy atom. The van der Waals surface area contributed by atoms with Crippen molar-refractivity contribution in [2.45, 2.75) is 24.9 Å². The van der Waals surface area contributed by atoms with E-state index in [1.807, 2.05) is 24.3 Å². The summed E-state index contributed by atoms with van der Waals surface area (Å²) in [5, 5.41) is 4.03. The second-order valence-electron chi connectivity index (χ2n) is 6.93. The van der Waals surface area contributed by atoms with Crippen LogP contribution >= 0.6 is 11.3 Å². The van der Waals surface area contributed by atoms with Gasteiger partial charge in [0.25, 0.3) is 5.91 Å². The molecule has 2 aliphatic heterocycles. The number of rotatable bonds is 3. The van der Waals surface area contributed by atoms with Crippen LogP contribution in [-0.2, 0) is 9.59 Å². The molecular formula is C20H16N4O3S. The van der Waals surface area contributed by atoms with E-state index in [0.29, 0.717) is 17.7 Å². The van der Waals surface area contributed by atoms with E-state index in [9.17, 15) is 14.4 Å². The van der Waals surface area contributed by atoms with E-state index in [-0.39, 0.29) is 24.3 Å². The third-order valence-corrected chi connectivity index (χ3v) is 6.23. The predicted octanol–water partition coefficient (Wildman–Crippen LogP) is 2.11. The van der Waals surface area contributed by atoms with Gasteiger partial charge in [-0.05, 0) is 29.5 Å². The van der Waals surface area contributed by atoms with Crippen molar-refractivity contribution in [2.75, 3.05) is 4.90 Å². The minimum atomic E-state index is -0.693. The number of anilines is 1. The lowest BCUT2D eigenvalue weighted by Gasteiger charge is -2.30. The molecule has 0 aliphatic carbocycles. The van der Waals surface area contributed by atoms with Crippen molar-refractivity contribution in [2.24, 2.45) is 5.73 Å². The Balaban J connectivity index is 1.65. The maximum atomic E-state index is 13.1. The van der Waals surface area contributed by atoms with Crippen LogP contribution in [-0.4, -0.2) is 28.7 Å². The van der Waals surface area contributed by atoms with Crippen LogP contribution in [0.5, 0.6) is 0 Å². The Morgan fingerprint density at radius 3 is 2.82 bits per heavy atom. The molecule has 2 unspecified atom stereocenters. The third-order valence-electron chi connectivity index (χ3n) is 5.38. The summed E-state index contributed by atoms with van der Waals surface area (Å²) >= 11 is 1.48. The smallest absolute Gasteiger partial charge is 0.259 e. The molecule has 3 amide bonds. The van der Waals surface area contributed by atoms with Crippen molar-refractivity contribution in [3.8, 4) is 0 Å².